The Morgan fingerprint density at radius 3 is 1.88 bits per heavy atom. The Balaban J connectivity index is 1.30. The Morgan fingerprint density at radius 2 is 1.20 bits per heavy atom. The minimum atomic E-state index is 0.828. The van der Waals surface area contributed by atoms with Crippen LogP contribution in [-0.2, 0) is 0 Å². The van der Waals surface area contributed by atoms with E-state index in [1.165, 1.54) is 0 Å². The molecular formula is C36H21N3O2. The molecule has 0 unspecified atom stereocenters. The van der Waals surface area contributed by atoms with Gasteiger partial charge in [0.2, 0.25) is 0 Å². The minimum Gasteiger partial charge on any atom is -0.455 e. The minimum absolute atomic E-state index is 0.828. The number of benzene rings is 5. The molecule has 0 N–H and O–H groups in total. The molecule has 0 atom stereocenters. The second-order valence-corrected chi connectivity index (χ2v) is 10.2. The van der Waals surface area contributed by atoms with Crippen LogP contribution in [0.5, 0.6) is 0 Å². The molecule has 0 aliphatic heterocycles. The molecule has 192 valence electrons. The highest BCUT2D eigenvalue weighted by molar-refractivity contribution is 6.21. The number of furan rings is 2. The highest BCUT2D eigenvalue weighted by Gasteiger charge is 2.21. The van der Waals surface area contributed by atoms with Gasteiger partial charge in [-0.15, -0.1) is 0 Å². The van der Waals surface area contributed by atoms with Gasteiger partial charge in [-0.3, -0.25) is 9.55 Å². The molecule has 0 aliphatic rings. The molecule has 0 spiro atoms. The third-order valence-electron chi connectivity index (χ3n) is 7.91. The van der Waals surface area contributed by atoms with Crippen molar-refractivity contribution in [1.29, 1.82) is 0 Å². The number of para-hydroxylation sites is 2. The number of fused-ring (bicyclic) bond motifs is 7. The van der Waals surface area contributed by atoms with Crippen molar-refractivity contribution in [3.05, 3.63) is 128 Å². The Morgan fingerprint density at radius 1 is 0.561 bits per heavy atom. The summed E-state index contributed by atoms with van der Waals surface area (Å²) < 4.78 is 15.2. The maximum Gasteiger partial charge on any atom is 0.147 e. The molecule has 0 radical (unpaired) electrons. The Labute approximate surface area is 233 Å². The van der Waals surface area contributed by atoms with Crippen molar-refractivity contribution < 1.29 is 8.83 Å². The Bertz CT molecular complexity index is 2320. The van der Waals surface area contributed by atoms with Crippen molar-refractivity contribution in [2.24, 2.45) is 0 Å². The summed E-state index contributed by atoms with van der Waals surface area (Å²) in [5.74, 6) is 0.875. The van der Waals surface area contributed by atoms with Gasteiger partial charge in [0.1, 0.15) is 33.7 Å². The summed E-state index contributed by atoms with van der Waals surface area (Å²) in [6.07, 6.45) is 3.62. The lowest BCUT2D eigenvalue weighted by Crippen LogP contribution is -1.97. The van der Waals surface area contributed by atoms with Crippen LogP contribution in [0.4, 0.5) is 0 Å². The molecule has 41 heavy (non-hydrogen) atoms. The molecular weight excluding hydrogens is 506 g/mol. The summed E-state index contributed by atoms with van der Waals surface area (Å²) in [5.41, 5.74) is 9.28. The van der Waals surface area contributed by atoms with Crippen molar-refractivity contribution in [2.45, 2.75) is 0 Å². The van der Waals surface area contributed by atoms with E-state index in [0.29, 0.717) is 0 Å². The van der Waals surface area contributed by atoms with Crippen LogP contribution >= 0.6 is 0 Å². The van der Waals surface area contributed by atoms with Crippen LogP contribution in [0.1, 0.15) is 0 Å². The fourth-order valence-corrected chi connectivity index (χ4v) is 6.05. The first-order valence-corrected chi connectivity index (χ1v) is 13.6. The van der Waals surface area contributed by atoms with Gasteiger partial charge in [-0.2, -0.15) is 0 Å². The smallest absolute Gasteiger partial charge is 0.147 e. The molecule has 4 heterocycles. The van der Waals surface area contributed by atoms with Gasteiger partial charge in [0.05, 0.1) is 17.3 Å². The fourth-order valence-electron chi connectivity index (χ4n) is 6.05. The van der Waals surface area contributed by atoms with Gasteiger partial charge in [-0.25, -0.2) is 4.98 Å². The molecule has 0 aliphatic carbocycles. The van der Waals surface area contributed by atoms with E-state index < -0.39 is 0 Å². The summed E-state index contributed by atoms with van der Waals surface area (Å²) >= 11 is 0. The average molecular weight is 528 g/mol. The second-order valence-electron chi connectivity index (χ2n) is 10.2. The lowest BCUT2D eigenvalue weighted by molar-refractivity contribution is 0.658. The lowest BCUT2D eigenvalue weighted by Gasteiger charge is -2.11. The molecule has 5 heteroatoms. The third-order valence-corrected chi connectivity index (χ3v) is 7.91. The quantitative estimate of drug-likeness (QED) is 0.230. The standard InChI is InChI=1S/C36H21N3O2/c1-2-8-23(9-3-1)36-38-29-21-37-19-18-30(29)39(36)24-16-14-22(15-17-24)33-34-27(25-10-4-6-12-31(25)40-34)20-28-26-11-5-7-13-32(26)41-35(28)33/h1-21H. The summed E-state index contributed by atoms with van der Waals surface area (Å²) in [4.78, 5) is 9.25. The number of hydrogen-bond acceptors (Lipinski definition) is 4. The first-order chi connectivity index (χ1) is 20.3. The van der Waals surface area contributed by atoms with Gasteiger partial charge in [0.15, 0.2) is 0 Å². The van der Waals surface area contributed by atoms with Crippen molar-refractivity contribution in [1.82, 2.24) is 14.5 Å². The highest BCUT2D eigenvalue weighted by Crippen LogP contribution is 2.44. The summed E-state index contributed by atoms with van der Waals surface area (Å²) in [5, 5.41) is 4.36. The van der Waals surface area contributed by atoms with E-state index in [4.69, 9.17) is 13.8 Å². The maximum atomic E-state index is 6.50. The van der Waals surface area contributed by atoms with Gasteiger partial charge in [0, 0.05) is 39.0 Å². The summed E-state index contributed by atoms with van der Waals surface area (Å²) in [6, 6.07) is 39.4. The zero-order chi connectivity index (χ0) is 26.9. The van der Waals surface area contributed by atoms with Crippen LogP contribution in [0.3, 0.4) is 0 Å². The molecule has 0 bridgehead atoms. The van der Waals surface area contributed by atoms with E-state index in [2.05, 4.69) is 76.3 Å². The molecule has 0 saturated heterocycles. The predicted molar refractivity (Wildman–Crippen MR) is 164 cm³/mol. The van der Waals surface area contributed by atoms with Crippen LogP contribution in [0.15, 0.2) is 136 Å². The number of aromatic nitrogens is 3. The van der Waals surface area contributed by atoms with Crippen LogP contribution in [-0.4, -0.2) is 14.5 Å². The SMILES string of the molecule is c1ccc(-c2nc3cnccc3n2-c2ccc(-c3c4oc5ccccc5c4cc4c3oc3ccccc34)cc2)cc1. The van der Waals surface area contributed by atoms with E-state index >= 15 is 0 Å². The number of nitrogens with zero attached hydrogens (tertiary/aromatic N) is 3. The Hall–Kier alpha value is -5.68. The molecule has 5 nitrogen and oxygen atoms in total. The van der Waals surface area contributed by atoms with Gasteiger partial charge in [0.25, 0.3) is 0 Å². The number of hydrogen-bond donors (Lipinski definition) is 0. The first kappa shape index (κ1) is 22.2. The third kappa shape index (κ3) is 3.23. The molecule has 4 aromatic heterocycles. The molecule has 0 amide bonds. The van der Waals surface area contributed by atoms with Crippen LogP contribution in [0.25, 0.3) is 83.1 Å². The largest absolute Gasteiger partial charge is 0.455 e. The zero-order valence-corrected chi connectivity index (χ0v) is 21.8. The molecule has 0 fully saturated rings. The zero-order valence-electron chi connectivity index (χ0n) is 21.8. The van der Waals surface area contributed by atoms with E-state index in [1.807, 2.05) is 60.9 Å². The molecule has 9 aromatic rings. The predicted octanol–water partition coefficient (Wildman–Crippen LogP) is 9.55. The molecule has 9 rings (SSSR count). The van der Waals surface area contributed by atoms with Gasteiger partial charge in [-0.05, 0) is 42.0 Å². The highest BCUT2D eigenvalue weighted by atomic mass is 16.3. The van der Waals surface area contributed by atoms with Gasteiger partial charge in [-0.1, -0.05) is 78.9 Å². The monoisotopic (exact) mass is 527 g/mol. The average Bonchev–Trinajstić information content (AvgIpc) is 3.72. The van der Waals surface area contributed by atoms with E-state index in [9.17, 15) is 0 Å². The first-order valence-electron chi connectivity index (χ1n) is 13.6. The summed E-state index contributed by atoms with van der Waals surface area (Å²) in [6.45, 7) is 0. The van der Waals surface area contributed by atoms with E-state index in [1.54, 1.807) is 0 Å². The Kier molecular flexibility index (Phi) is 4.55. The maximum absolute atomic E-state index is 6.50. The van der Waals surface area contributed by atoms with Gasteiger partial charge >= 0.3 is 0 Å². The molecule has 5 aromatic carbocycles. The topological polar surface area (TPSA) is 57.0 Å². The number of rotatable bonds is 3. The van der Waals surface area contributed by atoms with E-state index in [-0.39, 0.29) is 0 Å². The molecule has 0 saturated carbocycles. The normalized spacial score (nSPS) is 11.9. The van der Waals surface area contributed by atoms with Crippen LogP contribution in [0, 0.1) is 0 Å². The van der Waals surface area contributed by atoms with E-state index in [0.717, 1.165) is 83.1 Å². The van der Waals surface area contributed by atoms with Crippen molar-refractivity contribution in [3.8, 4) is 28.2 Å². The lowest BCUT2D eigenvalue weighted by atomic mass is 9.98. The van der Waals surface area contributed by atoms with Crippen molar-refractivity contribution in [2.75, 3.05) is 0 Å². The fraction of sp³-hybridized carbons (Fsp3) is 0. The second kappa shape index (κ2) is 8.41. The van der Waals surface area contributed by atoms with Crippen LogP contribution in [0.2, 0.25) is 0 Å². The van der Waals surface area contributed by atoms with Crippen LogP contribution < -0.4 is 0 Å². The number of pyridine rings is 1. The number of imidazole rings is 1. The van der Waals surface area contributed by atoms with Crippen molar-refractivity contribution >= 4 is 54.9 Å². The van der Waals surface area contributed by atoms with Crippen molar-refractivity contribution in [3.63, 3.8) is 0 Å². The summed E-state index contributed by atoms with van der Waals surface area (Å²) in [7, 11) is 0. The van der Waals surface area contributed by atoms with Gasteiger partial charge < -0.3 is 8.83 Å².